The fourth-order valence-corrected chi connectivity index (χ4v) is 1.93. The Bertz CT molecular complexity index is 618. The summed E-state index contributed by atoms with van der Waals surface area (Å²) in [7, 11) is 0. The molecule has 0 spiro atoms. The average Bonchev–Trinajstić information content (AvgIpc) is 2.47. The van der Waals surface area contributed by atoms with Gasteiger partial charge >= 0.3 is 0 Å². The molecule has 2 nitrogen and oxygen atoms in total. The Balaban J connectivity index is 2.49. The van der Waals surface area contributed by atoms with Gasteiger partial charge in [-0.3, -0.25) is 4.79 Å². The maximum Gasteiger partial charge on any atom is 0.176 e. The predicted octanol–water partition coefficient (Wildman–Crippen LogP) is 2.68. The van der Waals surface area contributed by atoms with Gasteiger partial charge in [0.15, 0.2) is 5.60 Å². The van der Waals surface area contributed by atoms with E-state index >= 15 is 0 Å². The molecular formula is C17H14O2. The first kappa shape index (κ1) is 13.1. The second-order valence-electron chi connectivity index (χ2n) is 4.46. The van der Waals surface area contributed by atoms with Gasteiger partial charge in [-0.2, -0.15) is 0 Å². The minimum atomic E-state index is -1.48. The molecule has 2 heteroatoms. The summed E-state index contributed by atoms with van der Waals surface area (Å²) in [6.45, 7) is 1.97. The maximum atomic E-state index is 10.7. The Morgan fingerprint density at radius 2 is 1.53 bits per heavy atom. The fourth-order valence-electron chi connectivity index (χ4n) is 1.93. The van der Waals surface area contributed by atoms with E-state index in [-0.39, 0.29) is 0 Å². The summed E-state index contributed by atoms with van der Waals surface area (Å²) in [4.78, 5) is 10.6. The minimum Gasteiger partial charge on any atom is -0.369 e. The van der Waals surface area contributed by atoms with E-state index in [9.17, 15) is 9.90 Å². The number of aliphatic hydroxyl groups is 1. The van der Waals surface area contributed by atoms with Crippen molar-refractivity contribution < 1.29 is 9.90 Å². The van der Waals surface area contributed by atoms with E-state index in [1.165, 1.54) is 0 Å². The van der Waals surface area contributed by atoms with Gasteiger partial charge in [0.05, 0.1) is 0 Å². The van der Waals surface area contributed by atoms with Gasteiger partial charge in [0, 0.05) is 16.7 Å². The van der Waals surface area contributed by atoms with Crippen LogP contribution in [-0.2, 0) is 5.60 Å². The predicted molar refractivity (Wildman–Crippen MR) is 74.8 cm³/mol. The molecule has 0 aliphatic rings. The summed E-state index contributed by atoms with van der Waals surface area (Å²) >= 11 is 0. The van der Waals surface area contributed by atoms with Gasteiger partial charge in [0.25, 0.3) is 0 Å². The van der Waals surface area contributed by atoms with Crippen LogP contribution in [0.25, 0.3) is 0 Å². The summed E-state index contributed by atoms with van der Waals surface area (Å²) in [5.41, 5.74) is 1.38. The third kappa shape index (κ3) is 2.42. The number of aryl methyl sites for hydroxylation is 1. The molecule has 0 bridgehead atoms. The molecule has 2 rings (SSSR count). The van der Waals surface area contributed by atoms with E-state index in [0.29, 0.717) is 16.7 Å². The summed E-state index contributed by atoms with van der Waals surface area (Å²) in [6.07, 6.45) is 6.26. The van der Waals surface area contributed by atoms with Gasteiger partial charge in [-0.25, -0.2) is 0 Å². The van der Waals surface area contributed by atoms with Crippen LogP contribution in [0.2, 0.25) is 0 Å². The molecule has 0 saturated carbocycles. The third-order valence-electron chi connectivity index (χ3n) is 3.14. The van der Waals surface area contributed by atoms with Crippen LogP contribution in [0.3, 0.4) is 0 Å². The van der Waals surface area contributed by atoms with Gasteiger partial charge in [0.2, 0.25) is 0 Å². The van der Waals surface area contributed by atoms with E-state index in [1.807, 2.05) is 31.2 Å². The number of aldehydes is 1. The van der Waals surface area contributed by atoms with Gasteiger partial charge in [-0.05, 0) is 6.92 Å². The van der Waals surface area contributed by atoms with Gasteiger partial charge in [-0.15, -0.1) is 6.42 Å². The number of carbonyl (C=O) groups excluding carboxylic acids is 1. The maximum absolute atomic E-state index is 10.7. The number of benzene rings is 2. The van der Waals surface area contributed by atoms with Crippen molar-refractivity contribution in [2.75, 3.05) is 0 Å². The highest BCUT2D eigenvalue weighted by molar-refractivity contribution is 5.74. The van der Waals surface area contributed by atoms with Crippen LogP contribution in [0.5, 0.6) is 0 Å². The van der Waals surface area contributed by atoms with E-state index in [2.05, 4.69) is 5.92 Å². The number of terminal acetylenes is 1. The Labute approximate surface area is 112 Å². The Morgan fingerprint density at radius 1 is 1.05 bits per heavy atom. The first-order valence-electron chi connectivity index (χ1n) is 5.93. The first-order valence-corrected chi connectivity index (χ1v) is 5.93. The van der Waals surface area contributed by atoms with Crippen molar-refractivity contribution in [2.24, 2.45) is 0 Å². The number of carbonyl (C=O) groups is 1. The molecule has 2 aromatic rings. The molecule has 1 N–H and O–H groups in total. The van der Waals surface area contributed by atoms with E-state index in [1.54, 1.807) is 24.3 Å². The van der Waals surface area contributed by atoms with Crippen molar-refractivity contribution in [3.8, 4) is 12.3 Å². The lowest BCUT2D eigenvalue weighted by Crippen LogP contribution is -2.25. The zero-order chi connectivity index (χ0) is 13.9. The van der Waals surface area contributed by atoms with Crippen LogP contribution in [0, 0.1) is 19.3 Å². The Morgan fingerprint density at radius 3 is 1.95 bits per heavy atom. The highest BCUT2D eigenvalue weighted by atomic mass is 16.3. The lowest BCUT2D eigenvalue weighted by Gasteiger charge is -2.23. The highest BCUT2D eigenvalue weighted by Crippen LogP contribution is 2.29. The SMILES string of the molecule is C#CC(O)(c1ccc(C)cc1)c1ccc(C=O)cc1. The highest BCUT2D eigenvalue weighted by Gasteiger charge is 2.28. The van der Waals surface area contributed by atoms with Crippen molar-refractivity contribution in [1.29, 1.82) is 0 Å². The second-order valence-corrected chi connectivity index (χ2v) is 4.46. The van der Waals surface area contributed by atoms with E-state index < -0.39 is 5.60 Å². The summed E-state index contributed by atoms with van der Waals surface area (Å²) in [5.74, 6) is 2.44. The number of rotatable bonds is 3. The molecule has 0 saturated heterocycles. The summed E-state index contributed by atoms with van der Waals surface area (Å²) in [6, 6.07) is 14.0. The molecule has 0 aliphatic carbocycles. The molecule has 0 radical (unpaired) electrons. The number of hydrogen-bond acceptors (Lipinski definition) is 2. The van der Waals surface area contributed by atoms with E-state index in [4.69, 9.17) is 6.42 Å². The van der Waals surface area contributed by atoms with Crippen molar-refractivity contribution in [3.05, 3.63) is 70.8 Å². The summed E-state index contributed by atoms with van der Waals surface area (Å²) in [5, 5.41) is 10.7. The molecular weight excluding hydrogens is 236 g/mol. The number of hydrogen-bond donors (Lipinski definition) is 1. The van der Waals surface area contributed by atoms with Gasteiger partial charge in [0.1, 0.15) is 6.29 Å². The molecule has 0 heterocycles. The van der Waals surface area contributed by atoms with Gasteiger partial charge in [-0.1, -0.05) is 60.0 Å². The normalized spacial score (nSPS) is 13.3. The van der Waals surface area contributed by atoms with Crippen LogP contribution in [0.1, 0.15) is 27.0 Å². The van der Waals surface area contributed by atoms with E-state index in [0.717, 1.165) is 11.8 Å². The lowest BCUT2D eigenvalue weighted by atomic mass is 9.86. The van der Waals surface area contributed by atoms with Gasteiger partial charge < -0.3 is 5.11 Å². The van der Waals surface area contributed by atoms with Crippen LogP contribution in [-0.4, -0.2) is 11.4 Å². The average molecular weight is 250 g/mol. The smallest absolute Gasteiger partial charge is 0.176 e. The molecule has 1 unspecified atom stereocenters. The fraction of sp³-hybridized carbons (Fsp3) is 0.118. The molecule has 0 fully saturated rings. The van der Waals surface area contributed by atoms with Crippen LogP contribution in [0.4, 0.5) is 0 Å². The van der Waals surface area contributed by atoms with Crippen LogP contribution < -0.4 is 0 Å². The lowest BCUT2D eigenvalue weighted by molar-refractivity contribution is 0.112. The molecule has 1 atom stereocenters. The topological polar surface area (TPSA) is 37.3 Å². The largest absolute Gasteiger partial charge is 0.369 e. The molecule has 0 aliphatic heterocycles. The molecule has 94 valence electrons. The standard InChI is InChI=1S/C17H14O2/c1-3-17(19,15-8-4-13(2)5-9-15)16-10-6-14(12-18)7-11-16/h1,4-12,19H,2H3. The Hall–Kier alpha value is -2.37. The van der Waals surface area contributed by atoms with Crippen molar-refractivity contribution in [3.63, 3.8) is 0 Å². The third-order valence-corrected chi connectivity index (χ3v) is 3.14. The second kappa shape index (κ2) is 5.09. The minimum absolute atomic E-state index is 0.548. The Kier molecular flexibility index (Phi) is 3.50. The van der Waals surface area contributed by atoms with Crippen LogP contribution in [0.15, 0.2) is 48.5 Å². The summed E-state index contributed by atoms with van der Waals surface area (Å²) < 4.78 is 0. The zero-order valence-electron chi connectivity index (χ0n) is 10.6. The first-order chi connectivity index (χ1) is 9.10. The molecule has 0 aromatic heterocycles. The molecule has 0 amide bonds. The van der Waals surface area contributed by atoms with Crippen molar-refractivity contribution in [2.45, 2.75) is 12.5 Å². The molecule has 2 aromatic carbocycles. The monoisotopic (exact) mass is 250 g/mol. The quantitative estimate of drug-likeness (QED) is 0.671. The van der Waals surface area contributed by atoms with Crippen molar-refractivity contribution >= 4 is 6.29 Å². The van der Waals surface area contributed by atoms with Crippen LogP contribution >= 0.6 is 0 Å². The zero-order valence-corrected chi connectivity index (χ0v) is 10.6. The molecule has 19 heavy (non-hydrogen) atoms. The van der Waals surface area contributed by atoms with Crippen molar-refractivity contribution in [1.82, 2.24) is 0 Å².